The van der Waals surface area contributed by atoms with E-state index in [1.54, 1.807) is 0 Å². The lowest BCUT2D eigenvalue weighted by atomic mass is 10.2. The van der Waals surface area contributed by atoms with Gasteiger partial charge in [-0.05, 0) is 43.7 Å². The Hall–Kier alpha value is -1.59. The number of carbonyl (C=O) groups excluding carboxylic acids is 1. The molecule has 5 nitrogen and oxygen atoms in total. The highest BCUT2D eigenvalue weighted by molar-refractivity contribution is 5.93. The van der Waals surface area contributed by atoms with Crippen LogP contribution in [0.5, 0.6) is 0 Å². The first-order chi connectivity index (χ1) is 10.1. The van der Waals surface area contributed by atoms with Gasteiger partial charge in [-0.15, -0.1) is 0 Å². The van der Waals surface area contributed by atoms with Crippen LogP contribution >= 0.6 is 0 Å². The minimum atomic E-state index is 0.0480. The maximum Gasteiger partial charge on any atom is 0.238 e. The zero-order valence-electron chi connectivity index (χ0n) is 13.1. The molecule has 21 heavy (non-hydrogen) atoms. The Bertz CT molecular complexity index is 481. The molecule has 0 bridgehead atoms. The van der Waals surface area contributed by atoms with Gasteiger partial charge in [0.25, 0.3) is 0 Å². The third kappa shape index (κ3) is 4.72. The van der Waals surface area contributed by atoms with Crippen molar-refractivity contribution in [2.24, 2.45) is 0 Å². The zero-order chi connectivity index (χ0) is 15.2. The van der Waals surface area contributed by atoms with E-state index in [1.165, 1.54) is 6.42 Å². The minimum absolute atomic E-state index is 0.0480. The molecule has 0 radical (unpaired) electrons. The molecule has 1 amide bonds. The molecular formula is C16H26N4O. The van der Waals surface area contributed by atoms with Crippen LogP contribution in [-0.4, -0.2) is 55.0 Å². The maximum atomic E-state index is 12.1. The second-order valence-electron chi connectivity index (χ2n) is 5.74. The highest BCUT2D eigenvalue weighted by Crippen LogP contribution is 2.17. The van der Waals surface area contributed by atoms with Crippen LogP contribution in [0.4, 0.5) is 11.4 Å². The SMILES string of the molecule is CCCN1CCN(CC(=O)Nc2ccc(N)cc2C)CC1. The van der Waals surface area contributed by atoms with Gasteiger partial charge in [-0.1, -0.05) is 6.92 Å². The number of benzene rings is 1. The zero-order valence-corrected chi connectivity index (χ0v) is 13.1. The molecule has 3 N–H and O–H groups in total. The lowest BCUT2D eigenvalue weighted by molar-refractivity contribution is -0.117. The van der Waals surface area contributed by atoms with Gasteiger partial charge in [0.1, 0.15) is 0 Å². The Morgan fingerprint density at radius 2 is 1.90 bits per heavy atom. The molecule has 0 saturated carbocycles. The minimum Gasteiger partial charge on any atom is -0.399 e. The first-order valence-corrected chi connectivity index (χ1v) is 7.69. The van der Waals surface area contributed by atoms with Gasteiger partial charge in [-0.25, -0.2) is 0 Å². The van der Waals surface area contributed by atoms with Crippen molar-refractivity contribution in [3.8, 4) is 0 Å². The van der Waals surface area contributed by atoms with Crippen LogP contribution in [0.1, 0.15) is 18.9 Å². The summed E-state index contributed by atoms with van der Waals surface area (Å²) >= 11 is 0. The van der Waals surface area contributed by atoms with Crippen LogP contribution in [0.25, 0.3) is 0 Å². The van der Waals surface area contributed by atoms with E-state index in [2.05, 4.69) is 22.0 Å². The van der Waals surface area contributed by atoms with Gasteiger partial charge in [-0.3, -0.25) is 9.69 Å². The Morgan fingerprint density at radius 1 is 1.24 bits per heavy atom. The van der Waals surface area contributed by atoms with E-state index in [1.807, 2.05) is 25.1 Å². The van der Waals surface area contributed by atoms with Crippen LogP contribution in [-0.2, 0) is 4.79 Å². The average Bonchev–Trinajstić information content (AvgIpc) is 2.44. The first-order valence-electron chi connectivity index (χ1n) is 7.69. The molecule has 1 fully saturated rings. The summed E-state index contributed by atoms with van der Waals surface area (Å²) in [6, 6.07) is 5.55. The molecule has 1 aromatic rings. The fraction of sp³-hybridized carbons (Fsp3) is 0.562. The summed E-state index contributed by atoms with van der Waals surface area (Å²) in [7, 11) is 0. The van der Waals surface area contributed by atoms with Crippen LogP contribution in [0.15, 0.2) is 18.2 Å². The molecule has 0 aromatic heterocycles. The van der Waals surface area contributed by atoms with Crippen molar-refractivity contribution in [1.29, 1.82) is 0 Å². The fourth-order valence-electron chi connectivity index (χ4n) is 2.71. The predicted molar refractivity (Wildman–Crippen MR) is 87.4 cm³/mol. The topological polar surface area (TPSA) is 61.6 Å². The number of nitrogens with zero attached hydrogens (tertiary/aromatic N) is 2. The third-order valence-electron chi connectivity index (χ3n) is 3.90. The number of carbonyl (C=O) groups is 1. The van der Waals surface area contributed by atoms with Gasteiger partial charge < -0.3 is 16.0 Å². The molecule has 1 aromatic carbocycles. The summed E-state index contributed by atoms with van der Waals surface area (Å²) in [6.07, 6.45) is 1.19. The maximum absolute atomic E-state index is 12.1. The number of anilines is 2. The van der Waals surface area contributed by atoms with Crippen molar-refractivity contribution in [1.82, 2.24) is 9.80 Å². The number of aryl methyl sites for hydroxylation is 1. The molecule has 0 aliphatic carbocycles. The van der Waals surface area contributed by atoms with E-state index < -0.39 is 0 Å². The summed E-state index contributed by atoms with van der Waals surface area (Å²) in [6.45, 7) is 9.82. The number of hydrogen-bond donors (Lipinski definition) is 2. The second-order valence-corrected chi connectivity index (χ2v) is 5.74. The molecule has 1 aliphatic rings. The Labute approximate surface area is 127 Å². The normalized spacial score (nSPS) is 16.9. The molecule has 116 valence electrons. The number of nitrogen functional groups attached to an aromatic ring is 1. The largest absolute Gasteiger partial charge is 0.399 e. The third-order valence-corrected chi connectivity index (χ3v) is 3.90. The average molecular weight is 290 g/mol. The van der Waals surface area contributed by atoms with Crippen molar-refractivity contribution in [2.75, 3.05) is 50.3 Å². The van der Waals surface area contributed by atoms with Crippen molar-refractivity contribution in [3.05, 3.63) is 23.8 Å². The first kappa shape index (κ1) is 15.8. The Morgan fingerprint density at radius 3 is 2.52 bits per heavy atom. The predicted octanol–water partition coefficient (Wildman–Crippen LogP) is 1.54. The van der Waals surface area contributed by atoms with E-state index in [-0.39, 0.29) is 5.91 Å². The highest BCUT2D eigenvalue weighted by Gasteiger charge is 2.18. The molecular weight excluding hydrogens is 264 g/mol. The van der Waals surface area contributed by atoms with Crippen LogP contribution in [0.3, 0.4) is 0 Å². The summed E-state index contributed by atoms with van der Waals surface area (Å²) < 4.78 is 0. The standard InChI is InChI=1S/C16H26N4O/c1-3-6-19-7-9-20(10-8-19)12-16(21)18-15-5-4-14(17)11-13(15)2/h4-5,11H,3,6-10,12,17H2,1-2H3,(H,18,21). The molecule has 1 aliphatic heterocycles. The lowest BCUT2D eigenvalue weighted by Crippen LogP contribution is -2.48. The van der Waals surface area contributed by atoms with Crippen LogP contribution < -0.4 is 11.1 Å². The van der Waals surface area contributed by atoms with E-state index >= 15 is 0 Å². The molecule has 1 saturated heterocycles. The van der Waals surface area contributed by atoms with Gasteiger partial charge in [0.2, 0.25) is 5.91 Å². The van der Waals surface area contributed by atoms with Gasteiger partial charge in [0, 0.05) is 37.6 Å². The Balaban J connectivity index is 1.80. The van der Waals surface area contributed by atoms with E-state index in [4.69, 9.17) is 5.73 Å². The van der Waals surface area contributed by atoms with Crippen molar-refractivity contribution in [2.45, 2.75) is 20.3 Å². The molecule has 0 unspecified atom stereocenters. The van der Waals surface area contributed by atoms with E-state index in [0.717, 1.165) is 49.7 Å². The lowest BCUT2D eigenvalue weighted by Gasteiger charge is -2.34. The van der Waals surface area contributed by atoms with Crippen molar-refractivity contribution < 1.29 is 4.79 Å². The van der Waals surface area contributed by atoms with Gasteiger partial charge in [0.15, 0.2) is 0 Å². The fourth-order valence-corrected chi connectivity index (χ4v) is 2.71. The molecule has 0 atom stereocenters. The summed E-state index contributed by atoms with van der Waals surface area (Å²) in [5, 5.41) is 2.97. The van der Waals surface area contributed by atoms with Crippen LogP contribution in [0, 0.1) is 6.92 Å². The number of amides is 1. The smallest absolute Gasteiger partial charge is 0.238 e. The molecule has 2 rings (SSSR count). The van der Waals surface area contributed by atoms with E-state index in [9.17, 15) is 4.79 Å². The monoisotopic (exact) mass is 290 g/mol. The number of piperazine rings is 1. The van der Waals surface area contributed by atoms with Crippen LogP contribution in [0.2, 0.25) is 0 Å². The summed E-state index contributed by atoms with van der Waals surface area (Å²) in [5.74, 6) is 0.0480. The quantitative estimate of drug-likeness (QED) is 0.808. The number of nitrogens with one attached hydrogen (secondary N) is 1. The molecule has 0 spiro atoms. The second kappa shape index (κ2) is 7.43. The molecule has 5 heteroatoms. The molecule has 1 heterocycles. The van der Waals surface area contributed by atoms with Gasteiger partial charge in [0.05, 0.1) is 6.54 Å². The van der Waals surface area contributed by atoms with E-state index in [0.29, 0.717) is 6.54 Å². The number of hydrogen-bond acceptors (Lipinski definition) is 4. The number of nitrogens with two attached hydrogens (primary N) is 1. The highest BCUT2D eigenvalue weighted by atomic mass is 16.2. The van der Waals surface area contributed by atoms with Gasteiger partial charge in [-0.2, -0.15) is 0 Å². The number of rotatable bonds is 5. The van der Waals surface area contributed by atoms with Crippen molar-refractivity contribution in [3.63, 3.8) is 0 Å². The summed E-state index contributed by atoms with van der Waals surface area (Å²) in [4.78, 5) is 16.8. The van der Waals surface area contributed by atoms with Gasteiger partial charge >= 0.3 is 0 Å². The van der Waals surface area contributed by atoms with Crippen molar-refractivity contribution >= 4 is 17.3 Å². The summed E-state index contributed by atoms with van der Waals surface area (Å²) in [5.41, 5.74) is 8.28. The Kier molecular flexibility index (Phi) is 5.59.